The summed E-state index contributed by atoms with van der Waals surface area (Å²) < 4.78 is 5.00. The average Bonchev–Trinajstić information content (AvgIpc) is 2.21. The number of hydrogen-bond donors (Lipinski definition) is 0. The van der Waals surface area contributed by atoms with E-state index < -0.39 is 17.5 Å². The van der Waals surface area contributed by atoms with Crippen molar-refractivity contribution in [2.45, 2.75) is 59.5 Å². The Morgan fingerprint density at radius 3 is 2.39 bits per heavy atom. The van der Waals surface area contributed by atoms with E-state index in [0.29, 0.717) is 6.42 Å². The van der Waals surface area contributed by atoms with Crippen LogP contribution in [0.4, 0.5) is 0 Å². The van der Waals surface area contributed by atoms with Crippen LogP contribution in [0.1, 0.15) is 53.4 Å². The summed E-state index contributed by atoms with van der Waals surface area (Å²) in [6.45, 7) is 6.86. The van der Waals surface area contributed by atoms with Crippen LogP contribution in [0, 0.1) is 11.3 Å². The molecule has 102 valence electrons. The van der Waals surface area contributed by atoms with Crippen molar-refractivity contribution in [3.8, 4) is 0 Å². The van der Waals surface area contributed by atoms with Gasteiger partial charge in [-0.25, -0.2) is 0 Å². The molecule has 0 spiro atoms. The van der Waals surface area contributed by atoms with Crippen LogP contribution in [0.3, 0.4) is 0 Å². The summed E-state index contributed by atoms with van der Waals surface area (Å²) in [5, 5.41) is 0. The maximum Gasteiger partial charge on any atom is 0.303 e. The highest BCUT2D eigenvalue weighted by Gasteiger charge is 2.36. The molecule has 1 rings (SSSR count). The van der Waals surface area contributed by atoms with Gasteiger partial charge in [-0.3, -0.25) is 14.4 Å². The molecule has 0 amide bonds. The predicted molar refractivity (Wildman–Crippen MR) is 67.0 cm³/mol. The normalized spacial score (nSPS) is 24.8. The Balaban J connectivity index is 2.64. The summed E-state index contributed by atoms with van der Waals surface area (Å²) in [5.74, 6) is -0.718. The topological polar surface area (TPSA) is 60.4 Å². The van der Waals surface area contributed by atoms with Gasteiger partial charge in [0.15, 0.2) is 11.9 Å². The number of esters is 1. The second-order valence-corrected chi connectivity index (χ2v) is 6.01. The van der Waals surface area contributed by atoms with Crippen molar-refractivity contribution in [1.29, 1.82) is 0 Å². The van der Waals surface area contributed by atoms with Crippen molar-refractivity contribution in [2.24, 2.45) is 11.3 Å². The highest BCUT2D eigenvalue weighted by Crippen LogP contribution is 2.29. The van der Waals surface area contributed by atoms with E-state index in [1.165, 1.54) is 6.92 Å². The van der Waals surface area contributed by atoms with Gasteiger partial charge >= 0.3 is 5.97 Å². The third kappa shape index (κ3) is 3.93. The summed E-state index contributed by atoms with van der Waals surface area (Å²) in [6.07, 6.45) is 1.75. The average molecular weight is 254 g/mol. The zero-order valence-electron chi connectivity index (χ0n) is 11.6. The standard InChI is InChI=1S/C14H22O4/c1-9(15)18-11-7-5-6-10(13(11)17)8-12(16)14(2,3)4/h10-11H,5-8H2,1-4H3. The molecular formula is C14H22O4. The van der Waals surface area contributed by atoms with E-state index in [1.807, 2.05) is 20.8 Å². The molecule has 2 atom stereocenters. The summed E-state index contributed by atoms with van der Waals surface area (Å²) in [5.41, 5.74) is -0.422. The van der Waals surface area contributed by atoms with E-state index in [0.717, 1.165) is 12.8 Å². The second-order valence-electron chi connectivity index (χ2n) is 6.01. The molecule has 0 N–H and O–H groups in total. The molecular weight excluding hydrogens is 232 g/mol. The van der Waals surface area contributed by atoms with Crippen LogP contribution >= 0.6 is 0 Å². The van der Waals surface area contributed by atoms with Crippen molar-refractivity contribution in [3.63, 3.8) is 0 Å². The summed E-state index contributed by atoms with van der Waals surface area (Å²) in [7, 11) is 0. The van der Waals surface area contributed by atoms with Crippen LogP contribution in [0.25, 0.3) is 0 Å². The van der Waals surface area contributed by atoms with Gasteiger partial charge in [0.25, 0.3) is 0 Å². The van der Waals surface area contributed by atoms with Crippen LogP contribution < -0.4 is 0 Å². The third-order valence-corrected chi connectivity index (χ3v) is 3.32. The Morgan fingerprint density at radius 2 is 1.89 bits per heavy atom. The lowest BCUT2D eigenvalue weighted by Gasteiger charge is -2.28. The zero-order valence-corrected chi connectivity index (χ0v) is 11.6. The molecule has 18 heavy (non-hydrogen) atoms. The molecule has 0 heterocycles. The van der Waals surface area contributed by atoms with Crippen molar-refractivity contribution >= 4 is 17.5 Å². The fourth-order valence-electron chi connectivity index (χ4n) is 2.15. The molecule has 0 radical (unpaired) electrons. The van der Waals surface area contributed by atoms with Gasteiger partial charge in [-0.1, -0.05) is 20.8 Å². The first-order chi connectivity index (χ1) is 8.21. The van der Waals surface area contributed by atoms with Gasteiger partial charge in [0.1, 0.15) is 5.78 Å². The fraction of sp³-hybridized carbons (Fsp3) is 0.786. The molecule has 0 aromatic heterocycles. The van der Waals surface area contributed by atoms with Gasteiger partial charge in [-0.2, -0.15) is 0 Å². The van der Waals surface area contributed by atoms with Gasteiger partial charge in [0.2, 0.25) is 0 Å². The summed E-state index contributed by atoms with van der Waals surface area (Å²) >= 11 is 0. The number of hydrogen-bond acceptors (Lipinski definition) is 4. The molecule has 0 aliphatic heterocycles. The third-order valence-electron chi connectivity index (χ3n) is 3.32. The minimum Gasteiger partial charge on any atom is -0.455 e. The number of Topliss-reactive ketones (excluding diaryl/α,β-unsaturated/α-hetero) is 2. The van der Waals surface area contributed by atoms with Crippen LogP contribution in [-0.4, -0.2) is 23.6 Å². The SMILES string of the molecule is CC(=O)OC1CCCC(CC(=O)C(C)(C)C)C1=O. The first kappa shape index (κ1) is 14.9. The van der Waals surface area contributed by atoms with E-state index in [9.17, 15) is 14.4 Å². The van der Waals surface area contributed by atoms with E-state index in [-0.39, 0.29) is 23.9 Å². The van der Waals surface area contributed by atoms with Crippen LogP contribution in [0.2, 0.25) is 0 Å². The van der Waals surface area contributed by atoms with Crippen LogP contribution in [-0.2, 0) is 19.1 Å². The number of ether oxygens (including phenoxy) is 1. The molecule has 4 nitrogen and oxygen atoms in total. The van der Waals surface area contributed by atoms with Crippen molar-refractivity contribution in [3.05, 3.63) is 0 Å². The number of carbonyl (C=O) groups excluding carboxylic acids is 3. The summed E-state index contributed by atoms with van der Waals surface area (Å²) in [4.78, 5) is 34.9. The Hall–Kier alpha value is -1.19. The van der Waals surface area contributed by atoms with E-state index in [4.69, 9.17) is 4.74 Å². The van der Waals surface area contributed by atoms with Gasteiger partial charge in [-0.15, -0.1) is 0 Å². The molecule has 1 saturated carbocycles. The highest BCUT2D eigenvalue weighted by molar-refractivity contribution is 5.93. The van der Waals surface area contributed by atoms with Gasteiger partial charge in [0, 0.05) is 24.7 Å². The molecule has 0 bridgehead atoms. The number of ketones is 2. The van der Waals surface area contributed by atoms with Crippen LogP contribution in [0.5, 0.6) is 0 Å². The van der Waals surface area contributed by atoms with Crippen molar-refractivity contribution in [1.82, 2.24) is 0 Å². The highest BCUT2D eigenvalue weighted by atomic mass is 16.5. The second kappa shape index (κ2) is 5.63. The molecule has 2 unspecified atom stereocenters. The van der Waals surface area contributed by atoms with Crippen molar-refractivity contribution < 1.29 is 19.1 Å². The number of carbonyl (C=O) groups is 3. The predicted octanol–water partition coefficient (Wildman–Crippen LogP) is 2.29. The summed E-state index contributed by atoms with van der Waals surface area (Å²) in [6, 6.07) is 0. The van der Waals surface area contributed by atoms with Gasteiger partial charge in [-0.05, 0) is 19.3 Å². The smallest absolute Gasteiger partial charge is 0.303 e. The minimum absolute atomic E-state index is 0.0873. The lowest BCUT2D eigenvalue weighted by atomic mass is 9.78. The quantitative estimate of drug-likeness (QED) is 0.725. The monoisotopic (exact) mass is 254 g/mol. The lowest BCUT2D eigenvalue weighted by molar-refractivity contribution is -0.157. The van der Waals surface area contributed by atoms with Crippen LogP contribution in [0.15, 0.2) is 0 Å². The molecule has 4 heteroatoms. The Kier molecular flexibility index (Phi) is 4.65. The van der Waals surface area contributed by atoms with E-state index in [1.54, 1.807) is 0 Å². The molecule has 1 aliphatic carbocycles. The fourth-order valence-corrected chi connectivity index (χ4v) is 2.15. The Bertz CT molecular complexity index is 351. The van der Waals surface area contributed by atoms with Crippen molar-refractivity contribution in [2.75, 3.05) is 0 Å². The first-order valence-corrected chi connectivity index (χ1v) is 6.46. The van der Waals surface area contributed by atoms with E-state index >= 15 is 0 Å². The molecule has 0 aromatic rings. The Labute approximate surface area is 108 Å². The molecule has 0 aromatic carbocycles. The van der Waals surface area contributed by atoms with Gasteiger partial charge in [0.05, 0.1) is 0 Å². The first-order valence-electron chi connectivity index (χ1n) is 6.46. The largest absolute Gasteiger partial charge is 0.455 e. The maximum atomic E-state index is 12.1. The molecule has 0 saturated heterocycles. The minimum atomic E-state index is -0.644. The molecule has 1 fully saturated rings. The van der Waals surface area contributed by atoms with E-state index in [2.05, 4.69) is 0 Å². The number of rotatable bonds is 3. The molecule has 1 aliphatic rings. The zero-order chi connectivity index (χ0) is 13.9. The van der Waals surface area contributed by atoms with Gasteiger partial charge < -0.3 is 4.74 Å². The lowest BCUT2D eigenvalue weighted by Crippen LogP contribution is -2.38. The Morgan fingerprint density at radius 1 is 1.28 bits per heavy atom. The maximum absolute atomic E-state index is 12.1.